The van der Waals surface area contributed by atoms with Crippen LogP contribution in [0.5, 0.6) is 0 Å². The van der Waals surface area contributed by atoms with Crippen LogP contribution in [0, 0.1) is 5.82 Å². The Morgan fingerprint density at radius 2 is 1.34 bits per heavy atom. The van der Waals surface area contributed by atoms with Crippen molar-refractivity contribution in [2.75, 3.05) is 0 Å². The number of nitrogens with zero attached hydrogens (tertiary/aromatic N) is 2. The molecule has 0 aliphatic rings. The lowest BCUT2D eigenvalue weighted by Gasteiger charge is -2.07. The second kappa shape index (κ2) is 8.06. The summed E-state index contributed by atoms with van der Waals surface area (Å²) < 4.78 is 18.4. The van der Waals surface area contributed by atoms with E-state index in [1.165, 1.54) is 33.4 Å². The van der Waals surface area contributed by atoms with Gasteiger partial charge in [0, 0.05) is 33.4 Å². The van der Waals surface area contributed by atoms with Gasteiger partial charge in [-0.15, -0.1) is 0 Å². The normalized spacial score (nSPS) is 10.9. The Bertz CT molecular complexity index is 1240. The first kappa shape index (κ1) is 19.2. The molecule has 144 valence electrons. The Morgan fingerprint density at radius 1 is 0.724 bits per heavy atom. The third-order valence-electron chi connectivity index (χ3n) is 5.25. The lowest BCUT2D eigenvalue weighted by atomic mass is 10.2. The average Bonchev–Trinajstić information content (AvgIpc) is 3.04. The van der Waals surface area contributed by atoms with Crippen LogP contribution >= 0.6 is 0 Å². The molecule has 3 aromatic carbocycles. The fourth-order valence-corrected chi connectivity index (χ4v) is 3.95. The maximum absolute atomic E-state index is 14.0. The van der Waals surface area contributed by atoms with Crippen LogP contribution in [0.3, 0.4) is 0 Å². The number of pyridine rings is 1. The number of para-hydroxylation sites is 2. The van der Waals surface area contributed by atoms with Gasteiger partial charge in [0.2, 0.25) is 0 Å². The van der Waals surface area contributed by atoms with Crippen molar-refractivity contribution in [2.24, 2.45) is 0 Å². The van der Waals surface area contributed by atoms with Crippen LogP contribution in [0.2, 0.25) is 0 Å². The van der Waals surface area contributed by atoms with Crippen molar-refractivity contribution in [1.29, 1.82) is 0 Å². The number of fused-ring (bicyclic) bond motifs is 3. The molecule has 0 saturated heterocycles. The SMILES string of the molecule is Fc1ccccc1C[n+]1cccc(Cn2c3ccccc3c3ccccc32)c1.[Cl-]. The second-order valence-electron chi connectivity index (χ2n) is 7.10. The molecule has 0 atom stereocenters. The fourth-order valence-electron chi connectivity index (χ4n) is 3.95. The van der Waals surface area contributed by atoms with E-state index in [-0.39, 0.29) is 18.2 Å². The Hall–Kier alpha value is -3.17. The van der Waals surface area contributed by atoms with Gasteiger partial charge in [-0.1, -0.05) is 48.5 Å². The van der Waals surface area contributed by atoms with Gasteiger partial charge in [0.15, 0.2) is 18.9 Å². The third kappa shape index (κ3) is 3.62. The van der Waals surface area contributed by atoms with Gasteiger partial charge < -0.3 is 17.0 Å². The molecule has 0 spiro atoms. The number of hydrogen-bond acceptors (Lipinski definition) is 0. The van der Waals surface area contributed by atoms with Gasteiger partial charge in [-0.05, 0) is 30.3 Å². The molecule has 0 fully saturated rings. The summed E-state index contributed by atoms with van der Waals surface area (Å²) in [6, 6.07) is 28.1. The Kier molecular flexibility index (Phi) is 5.32. The summed E-state index contributed by atoms with van der Waals surface area (Å²) in [5, 5.41) is 2.54. The van der Waals surface area contributed by atoms with E-state index in [0.29, 0.717) is 12.1 Å². The highest BCUT2D eigenvalue weighted by Crippen LogP contribution is 2.29. The molecule has 4 heteroatoms. The van der Waals surface area contributed by atoms with Crippen molar-refractivity contribution in [3.8, 4) is 0 Å². The van der Waals surface area contributed by atoms with Gasteiger partial charge in [-0.2, -0.15) is 0 Å². The average molecular weight is 403 g/mol. The van der Waals surface area contributed by atoms with Crippen LogP contribution in [0.4, 0.5) is 4.39 Å². The molecule has 5 rings (SSSR count). The summed E-state index contributed by atoms with van der Waals surface area (Å²) in [5.74, 6) is -0.164. The topological polar surface area (TPSA) is 8.81 Å². The molecule has 2 nitrogen and oxygen atoms in total. The van der Waals surface area contributed by atoms with Gasteiger partial charge in [0.1, 0.15) is 5.82 Å². The van der Waals surface area contributed by atoms with E-state index in [9.17, 15) is 4.39 Å². The Morgan fingerprint density at radius 3 is 2.03 bits per heavy atom. The molecule has 29 heavy (non-hydrogen) atoms. The van der Waals surface area contributed by atoms with Crippen LogP contribution in [0.25, 0.3) is 21.8 Å². The molecule has 0 aliphatic carbocycles. The summed E-state index contributed by atoms with van der Waals surface area (Å²) in [5.41, 5.74) is 4.34. The van der Waals surface area contributed by atoms with E-state index in [1.807, 2.05) is 29.0 Å². The molecule has 0 N–H and O–H groups in total. The van der Waals surface area contributed by atoms with Gasteiger partial charge in [0.05, 0.1) is 12.1 Å². The highest BCUT2D eigenvalue weighted by Gasteiger charge is 2.12. The third-order valence-corrected chi connectivity index (χ3v) is 5.25. The van der Waals surface area contributed by atoms with E-state index in [0.717, 1.165) is 6.54 Å². The maximum Gasteiger partial charge on any atom is 0.176 e. The van der Waals surface area contributed by atoms with Gasteiger partial charge in [0.25, 0.3) is 0 Å². The number of aromatic nitrogens is 2. The summed E-state index contributed by atoms with van der Waals surface area (Å²) >= 11 is 0. The van der Waals surface area contributed by atoms with Crippen LogP contribution < -0.4 is 17.0 Å². The fraction of sp³-hybridized carbons (Fsp3) is 0.0800. The quantitative estimate of drug-likeness (QED) is 0.408. The first-order valence-corrected chi connectivity index (χ1v) is 9.47. The summed E-state index contributed by atoms with van der Waals surface area (Å²) in [6.45, 7) is 1.29. The monoisotopic (exact) mass is 402 g/mol. The van der Waals surface area contributed by atoms with Crippen LogP contribution in [-0.2, 0) is 13.1 Å². The van der Waals surface area contributed by atoms with Crippen LogP contribution in [-0.4, -0.2) is 4.57 Å². The van der Waals surface area contributed by atoms with E-state index in [2.05, 4.69) is 65.4 Å². The van der Waals surface area contributed by atoms with Crippen LogP contribution in [0.15, 0.2) is 97.3 Å². The molecule has 0 saturated carbocycles. The highest BCUT2D eigenvalue weighted by atomic mass is 35.5. The largest absolute Gasteiger partial charge is 1.00 e. The van der Waals surface area contributed by atoms with Crippen molar-refractivity contribution in [3.63, 3.8) is 0 Å². The van der Waals surface area contributed by atoms with Crippen molar-refractivity contribution in [1.82, 2.24) is 4.57 Å². The van der Waals surface area contributed by atoms with Gasteiger partial charge in [-0.25, -0.2) is 8.96 Å². The summed E-state index contributed by atoms with van der Waals surface area (Å²) in [6.07, 6.45) is 4.10. The smallest absolute Gasteiger partial charge is 0.176 e. The van der Waals surface area contributed by atoms with E-state index >= 15 is 0 Å². The minimum Gasteiger partial charge on any atom is -1.00 e. The molecule has 0 bridgehead atoms. The maximum atomic E-state index is 14.0. The minimum absolute atomic E-state index is 0. The Balaban J connectivity index is 0.00000205. The standard InChI is InChI=1S/C25H20FN2.ClH/c26-23-12-4-1-9-20(23)18-27-15-7-8-19(16-27)17-28-24-13-5-2-10-21(24)22-11-3-6-14-25(22)28;/h1-16H,17-18H2;1H/q+1;/p-1. The van der Waals surface area contributed by atoms with Crippen molar-refractivity contribution in [2.45, 2.75) is 13.1 Å². The van der Waals surface area contributed by atoms with Gasteiger partial charge in [-0.3, -0.25) is 0 Å². The molecule has 0 amide bonds. The first-order valence-electron chi connectivity index (χ1n) is 9.47. The molecule has 2 heterocycles. The lowest BCUT2D eigenvalue weighted by molar-refractivity contribution is -0.689. The molecular weight excluding hydrogens is 383 g/mol. The van der Waals surface area contributed by atoms with E-state index < -0.39 is 0 Å². The van der Waals surface area contributed by atoms with E-state index in [4.69, 9.17) is 0 Å². The molecule has 0 aliphatic heterocycles. The molecule has 0 unspecified atom stereocenters. The lowest BCUT2D eigenvalue weighted by Crippen LogP contribution is -3.00. The zero-order valence-electron chi connectivity index (χ0n) is 15.8. The predicted molar refractivity (Wildman–Crippen MR) is 111 cm³/mol. The van der Waals surface area contributed by atoms with Crippen molar-refractivity contribution in [3.05, 3.63) is 114 Å². The van der Waals surface area contributed by atoms with Gasteiger partial charge >= 0.3 is 0 Å². The number of benzene rings is 3. The molecular formula is C25H20ClFN2. The van der Waals surface area contributed by atoms with E-state index in [1.54, 1.807) is 6.07 Å². The van der Waals surface area contributed by atoms with Crippen LogP contribution in [0.1, 0.15) is 11.1 Å². The summed E-state index contributed by atoms with van der Waals surface area (Å²) in [7, 11) is 0. The zero-order valence-corrected chi connectivity index (χ0v) is 16.6. The Labute approximate surface area is 175 Å². The molecule has 5 aromatic rings. The van der Waals surface area contributed by atoms with Crippen molar-refractivity contribution >= 4 is 21.8 Å². The highest BCUT2D eigenvalue weighted by molar-refractivity contribution is 6.08. The predicted octanol–water partition coefficient (Wildman–Crippen LogP) is 2.32. The zero-order chi connectivity index (χ0) is 18.9. The molecule has 0 radical (unpaired) electrons. The van der Waals surface area contributed by atoms with Crippen molar-refractivity contribution < 1.29 is 21.4 Å². The number of hydrogen-bond donors (Lipinski definition) is 0. The minimum atomic E-state index is -0.164. The number of halogens is 2. The molecule has 2 aromatic heterocycles. The number of rotatable bonds is 4. The summed E-state index contributed by atoms with van der Waals surface area (Å²) in [4.78, 5) is 0. The first-order chi connectivity index (χ1) is 13.8. The second-order valence-corrected chi connectivity index (χ2v) is 7.10.